The van der Waals surface area contributed by atoms with E-state index in [9.17, 15) is 9.59 Å². The van der Waals surface area contributed by atoms with Gasteiger partial charge in [0, 0.05) is 18.7 Å². The molecule has 15 heavy (non-hydrogen) atoms. The Morgan fingerprint density at radius 3 is 2.93 bits per heavy atom. The number of nitrogens with zero attached hydrogens (tertiary/aromatic N) is 2. The van der Waals surface area contributed by atoms with Crippen LogP contribution in [0.2, 0.25) is 0 Å². The van der Waals surface area contributed by atoms with Crippen molar-refractivity contribution in [2.45, 2.75) is 38.4 Å². The van der Waals surface area contributed by atoms with E-state index in [1.165, 1.54) is 11.8 Å². The number of nitrogens with one attached hydrogen (secondary N) is 1. The zero-order valence-corrected chi connectivity index (χ0v) is 9.76. The number of aromatic nitrogens is 3. The first kappa shape index (κ1) is 12.0. The summed E-state index contributed by atoms with van der Waals surface area (Å²) in [6.07, 6.45) is 1.42. The zero-order valence-electron chi connectivity index (χ0n) is 8.95. The van der Waals surface area contributed by atoms with Gasteiger partial charge in [-0.15, -0.1) is 5.10 Å². The SMILES string of the molecule is CCn1c(SCCCC(C)=O)n[nH]c1=O. The highest BCUT2D eigenvalue weighted by atomic mass is 32.2. The maximum Gasteiger partial charge on any atom is 0.343 e. The molecule has 1 N–H and O–H groups in total. The largest absolute Gasteiger partial charge is 0.343 e. The van der Waals surface area contributed by atoms with Crippen molar-refractivity contribution in [2.75, 3.05) is 5.75 Å². The predicted octanol–water partition coefficient (Wildman–Crippen LogP) is 1.05. The molecule has 0 unspecified atom stereocenters. The van der Waals surface area contributed by atoms with E-state index in [1.54, 1.807) is 11.5 Å². The third-order valence-electron chi connectivity index (χ3n) is 1.94. The number of thioether (sulfide) groups is 1. The van der Waals surface area contributed by atoms with E-state index in [-0.39, 0.29) is 11.5 Å². The molecule has 84 valence electrons. The van der Waals surface area contributed by atoms with Crippen molar-refractivity contribution in [1.82, 2.24) is 14.8 Å². The average Bonchev–Trinajstić information content (AvgIpc) is 2.53. The van der Waals surface area contributed by atoms with E-state index in [0.717, 1.165) is 12.2 Å². The molecular formula is C9H15N3O2S. The predicted molar refractivity (Wildman–Crippen MR) is 59.2 cm³/mol. The van der Waals surface area contributed by atoms with Crippen LogP contribution in [0.3, 0.4) is 0 Å². The number of hydrogen-bond acceptors (Lipinski definition) is 4. The molecule has 0 aliphatic rings. The molecule has 0 bridgehead atoms. The van der Waals surface area contributed by atoms with Crippen molar-refractivity contribution in [3.05, 3.63) is 10.5 Å². The highest BCUT2D eigenvalue weighted by Gasteiger charge is 2.06. The van der Waals surface area contributed by atoms with Crippen molar-refractivity contribution < 1.29 is 4.79 Å². The van der Waals surface area contributed by atoms with Gasteiger partial charge in [-0.25, -0.2) is 9.89 Å². The number of carbonyl (C=O) groups excluding carboxylic acids is 1. The minimum Gasteiger partial charge on any atom is -0.300 e. The summed E-state index contributed by atoms with van der Waals surface area (Å²) in [4.78, 5) is 21.9. The van der Waals surface area contributed by atoms with E-state index in [0.29, 0.717) is 18.1 Å². The summed E-state index contributed by atoms with van der Waals surface area (Å²) >= 11 is 1.50. The normalized spacial score (nSPS) is 10.5. The lowest BCUT2D eigenvalue weighted by molar-refractivity contribution is -0.117. The molecule has 0 saturated carbocycles. The molecule has 0 aliphatic carbocycles. The molecule has 0 aliphatic heterocycles. The van der Waals surface area contributed by atoms with Crippen molar-refractivity contribution >= 4 is 17.5 Å². The van der Waals surface area contributed by atoms with E-state index in [1.807, 2.05) is 6.92 Å². The molecule has 0 amide bonds. The third kappa shape index (κ3) is 3.54. The third-order valence-corrected chi connectivity index (χ3v) is 3.01. The van der Waals surface area contributed by atoms with E-state index >= 15 is 0 Å². The summed E-state index contributed by atoms with van der Waals surface area (Å²) in [6, 6.07) is 0. The molecular weight excluding hydrogens is 214 g/mol. The fourth-order valence-electron chi connectivity index (χ4n) is 1.18. The van der Waals surface area contributed by atoms with Crippen LogP contribution in [-0.2, 0) is 11.3 Å². The monoisotopic (exact) mass is 229 g/mol. The standard InChI is InChI=1S/C9H15N3O2S/c1-3-12-8(14)10-11-9(12)15-6-4-5-7(2)13/h3-6H2,1-2H3,(H,10,14). The molecule has 1 aromatic heterocycles. The van der Waals surface area contributed by atoms with Crippen LogP contribution < -0.4 is 5.69 Å². The van der Waals surface area contributed by atoms with Crippen LogP contribution in [-0.4, -0.2) is 26.3 Å². The molecule has 0 fully saturated rings. The van der Waals surface area contributed by atoms with Gasteiger partial charge in [-0.2, -0.15) is 0 Å². The van der Waals surface area contributed by atoms with Crippen LogP contribution in [0.1, 0.15) is 26.7 Å². The summed E-state index contributed by atoms with van der Waals surface area (Å²) in [7, 11) is 0. The van der Waals surface area contributed by atoms with Crippen LogP contribution in [0.4, 0.5) is 0 Å². The van der Waals surface area contributed by atoms with E-state index in [4.69, 9.17) is 0 Å². The molecule has 1 heterocycles. The highest BCUT2D eigenvalue weighted by molar-refractivity contribution is 7.99. The molecule has 1 rings (SSSR count). The van der Waals surface area contributed by atoms with Gasteiger partial charge in [-0.1, -0.05) is 11.8 Å². The lowest BCUT2D eigenvalue weighted by Gasteiger charge is -2.00. The van der Waals surface area contributed by atoms with Crippen molar-refractivity contribution in [3.63, 3.8) is 0 Å². The Labute approximate surface area is 92.3 Å². The lowest BCUT2D eigenvalue weighted by atomic mass is 10.3. The molecule has 5 nitrogen and oxygen atoms in total. The van der Waals surface area contributed by atoms with Crippen LogP contribution in [0.15, 0.2) is 9.95 Å². The second kappa shape index (κ2) is 5.75. The van der Waals surface area contributed by atoms with Gasteiger partial charge in [-0.05, 0) is 20.3 Å². The molecule has 0 saturated heterocycles. The number of hydrogen-bond donors (Lipinski definition) is 1. The summed E-state index contributed by atoms with van der Waals surface area (Å²) < 4.78 is 1.58. The number of ketones is 1. The quantitative estimate of drug-likeness (QED) is 0.585. The summed E-state index contributed by atoms with van der Waals surface area (Å²) in [5.74, 6) is 1.01. The van der Waals surface area contributed by atoms with Crippen molar-refractivity contribution in [3.8, 4) is 0 Å². The Balaban J connectivity index is 2.43. The van der Waals surface area contributed by atoms with Gasteiger partial charge in [0.05, 0.1) is 0 Å². The Morgan fingerprint density at radius 1 is 1.60 bits per heavy atom. The smallest absolute Gasteiger partial charge is 0.300 e. The molecule has 0 aromatic carbocycles. The topological polar surface area (TPSA) is 67.8 Å². The Bertz CT molecular complexity index is 383. The number of aromatic amines is 1. The number of H-pyrrole nitrogens is 1. The number of rotatable bonds is 6. The maximum atomic E-state index is 11.2. The Hall–Kier alpha value is -1.04. The van der Waals surface area contributed by atoms with E-state index in [2.05, 4.69) is 10.2 Å². The van der Waals surface area contributed by atoms with E-state index < -0.39 is 0 Å². The van der Waals surface area contributed by atoms with Crippen molar-refractivity contribution in [1.29, 1.82) is 0 Å². The lowest BCUT2D eigenvalue weighted by Crippen LogP contribution is -2.16. The Morgan fingerprint density at radius 2 is 2.33 bits per heavy atom. The fourth-order valence-corrected chi connectivity index (χ4v) is 2.13. The maximum absolute atomic E-state index is 11.2. The molecule has 6 heteroatoms. The molecule has 1 aromatic rings. The van der Waals surface area contributed by atoms with Gasteiger partial charge >= 0.3 is 5.69 Å². The van der Waals surface area contributed by atoms with Crippen LogP contribution in [0, 0.1) is 0 Å². The number of Topliss-reactive ketones (excluding diaryl/α,β-unsaturated/α-hetero) is 1. The van der Waals surface area contributed by atoms with Crippen molar-refractivity contribution in [2.24, 2.45) is 0 Å². The minimum absolute atomic E-state index is 0.174. The summed E-state index contributed by atoms with van der Waals surface area (Å²) in [5, 5.41) is 7.01. The molecule has 0 radical (unpaired) electrons. The highest BCUT2D eigenvalue weighted by Crippen LogP contribution is 2.14. The minimum atomic E-state index is -0.174. The Kier molecular flexibility index (Phi) is 4.61. The second-order valence-electron chi connectivity index (χ2n) is 3.21. The average molecular weight is 229 g/mol. The second-order valence-corrected chi connectivity index (χ2v) is 4.27. The zero-order chi connectivity index (χ0) is 11.3. The summed E-state index contributed by atoms with van der Waals surface area (Å²) in [6.45, 7) is 4.10. The van der Waals surface area contributed by atoms with Gasteiger partial charge in [0.15, 0.2) is 5.16 Å². The van der Waals surface area contributed by atoms with Gasteiger partial charge < -0.3 is 4.79 Å². The first-order valence-corrected chi connectivity index (χ1v) is 5.91. The van der Waals surface area contributed by atoms with Gasteiger partial charge in [0.25, 0.3) is 0 Å². The molecule has 0 atom stereocenters. The van der Waals surface area contributed by atoms with Crippen LogP contribution >= 0.6 is 11.8 Å². The first-order chi connectivity index (χ1) is 7.15. The van der Waals surface area contributed by atoms with Gasteiger partial charge in [-0.3, -0.25) is 4.57 Å². The number of carbonyl (C=O) groups is 1. The van der Waals surface area contributed by atoms with Gasteiger partial charge in [0.1, 0.15) is 5.78 Å². The summed E-state index contributed by atoms with van der Waals surface area (Å²) in [5.41, 5.74) is -0.174. The van der Waals surface area contributed by atoms with Crippen LogP contribution in [0.5, 0.6) is 0 Å². The van der Waals surface area contributed by atoms with Crippen LogP contribution in [0.25, 0.3) is 0 Å². The molecule has 0 spiro atoms. The first-order valence-electron chi connectivity index (χ1n) is 4.92. The van der Waals surface area contributed by atoms with Gasteiger partial charge in [0.2, 0.25) is 0 Å². The fraction of sp³-hybridized carbons (Fsp3) is 0.667.